The molecule has 160 valence electrons. The van der Waals surface area contributed by atoms with Crippen molar-refractivity contribution < 1.29 is 52.4 Å². The quantitative estimate of drug-likeness (QED) is 0.293. The average molecular weight is 443 g/mol. The maximum atomic E-state index is 11.8. The van der Waals surface area contributed by atoms with Crippen LogP contribution in [0.4, 0.5) is 0 Å². The normalized spacial score (nSPS) is 11.1. The minimum absolute atomic E-state index is 0. The second-order valence-corrected chi connectivity index (χ2v) is 8.76. The van der Waals surface area contributed by atoms with Crippen molar-refractivity contribution in [1.29, 1.82) is 0 Å². The van der Waals surface area contributed by atoms with Crippen molar-refractivity contribution in [2.24, 2.45) is 0 Å². The first-order valence-electron chi connectivity index (χ1n) is 10.5. The Bertz CT molecular complexity index is 868. The van der Waals surface area contributed by atoms with E-state index in [1.807, 2.05) is 0 Å². The zero-order chi connectivity index (χ0) is 21.1. The molecule has 0 radical (unpaired) electrons. The third-order valence-corrected chi connectivity index (χ3v) is 5.83. The molecule has 1 N–H and O–H groups in total. The largest absolute Gasteiger partial charge is 1.00 e. The number of para-hydroxylation sites is 1. The first-order chi connectivity index (χ1) is 13.9. The smallest absolute Gasteiger partial charge is 0.872 e. The number of aryl methyl sites for hydroxylation is 1. The van der Waals surface area contributed by atoms with Gasteiger partial charge >= 0.3 is 29.6 Å². The van der Waals surface area contributed by atoms with Crippen molar-refractivity contribution in [3.63, 3.8) is 0 Å². The van der Waals surface area contributed by atoms with Gasteiger partial charge in [-0.05, 0) is 36.6 Å². The molecule has 2 rings (SSSR count). The fourth-order valence-corrected chi connectivity index (χ4v) is 3.94. The van der Waals surface area contributed by atoms with Gasteiger partial charge in [0.05, 0.1) is 0 Å². The molecule has 2 aromatic rings. The average Bonchev–Trinajstić information content (AvgIpc) is 2.68. The molecule has 0 aliphatic heterocycles. The second-order valence-electron chi connectivity index (χ2n) is 7.37. The second kappa shape index (κ2) is 14.1. The van der Waals surface area contributed by atoms with Crippen LogP contribution in [0.5, 0.6) is 17.2 Å². The van der Waals surface area contributed by atoms with Crippen molar-refractivity contribution in [2.75, 3.05) is 0 Å². The van der Waals surface area contributed by atoms with Gasteiger partial charge in [-0.25, -0.2) is 0 Å². The van der Waals surface area contributed by atoms with Gasteiger partial charge in [-0.2, -0.15) is 8.42 Å². The van der Waals surface area contributed by atoms with Gasteiger partial charge in [0.25, 0.3) is 10.1 Å². The maximum absolute atomic E-state index is 11.8. The fourth-order valence-electron chi connectivity index (χ4n) is 3.33. The van der Waals surface area contributed by atoms with Crippen LogP contribution >= 0.6 is 0 Å². The van der Waals surface area contributed by atoms with E-state index < -0.39 is 10.1 Å². The summed E-state index contributed by atoms with van der Waals surface area (Å²) in [6.45, 7) is 2.22. The molecule has 2 aromatic carbocycles. The molecule has 0 saturated heterocycles. The van der Waals surface area contributed by atoms with E-state index in [9.17, 15) is 18.1 Å². The van der Waals surface area contributed by atoms with E-state index >= 15 is 0 Å². The van der Waals surface area contributed by atoms with E-state index in [1.54, 1.807) is 12.1 Å². The molecule has 0 atom stereocenters. The maximum Gasteiger partial charge on any atom is 1.00 e. The van der Waals surface area contributed by atoms with Crippen LogP contribution in [-0.4, -0.2) is 13.0 Å². The van der Waals surface area contributed by atoms with Crippen LogP contribution in [0.15, 0.2) is 47.4 Å². The number of unbranched alkanes of at least 4 members (excludes halogenated alkanes) is 8. The Morgan fingerprint density at radius 2 is 1.47 bits per heavy atom. The Labute approximate surface area is 202 Å². The van der Waals surface area contributed by atoms with Crippen LogP contribution < -0.4 is 39.4 Å². The molecule has 0 bridgehead atoms. The molecule has 30 heavy (non-hydrogen) atoms. The monoisotopic (exact) mass is 442 g/mol. The van der Waals surface area contributed by atoms with E-state index in [1.165, 1.54) is 75.3 Å². The van der Waals surface area contributed by atoms with Gasteiger partial charge in [-0.15, -0.1) is 5.75 Å². The molecule has 0 amide bonds. The Kier molecular flexibility index (Phi) is 12.7. The number of hydrogen-bond donors (Lipinski definition) is 1. The molecule has 0 unspecified atom stereocenters. The molecule has 7 heteroatoms. The van der Waals surface area contributed by atoms with E-state index in [4.69, 9.17) is 4.74 Å². The third-order valence-electron chi connectivity index (χ3n) is 4.94. The van der Waals surface area contributed by atoms with Gasteiger partial charge in [0.15, 0.2) is 0 Å². The van der Waals surface area contributed by atoms with Crippen molar-refractivity contribution in [1.82, 2.24) is 0 Å². The van der Waals surface area contributed by atoms with Crippen molar-refractivity contribution in [2.45, 2.75) is 76.0 Å². The zero-order valence-electron chi connectivity index (χ0n) is 18.1. The van der Waals surface area contributed by atoms with Gasteiger partial charge in [-0.1, -0.05) is 82.6 Å². The van der Waals surface area contributed by atoms with Gasteiger partial charge in [-0.3, -0.25) is 4.55 Å². The van der Waals surface area contributed by atoms with Crippen LogP contribution in [-0.2, 0) is 16.5 Å². The standard InChI is InChI=1S/C23H32O5S.Na/c1-2-3-4-5-6-7-8-9-10-13-19-16-17-20(24)18-22(19)28-21-14-11-12-15-23(21)29(25,26)27;/h11-12,14-18,24H,2-10,13H2,1H3,(H,25,26,27);/q;+1/p-1. The van der Waals surface area contributed by atoms with Crippen LogP contribution in [0.3, 0.4) is 0 Å². The summed E-state index contributed by atoms with van der Waals surface area (Å²) >= 11 is 0. The Hall–Kier alpha value is -1.05. The van der Waals surface area contributed by atoms with Crippen LogP contribution in [0.25, 0.3) is 0 Å². The summed E-state index contributed by atoms with van der Waals surface area (Å²) in [6, 6.07) is 10.4. The van der Waals surface area contributed by atoms with Gasteiger partial charge in [0, 0.05) is 0 Å². The van der Waals surface area contributed by atoms with E-state index in [-0.39, 0.29) is 46.0 Å². The number of hydrogen-bond acceptors (Lipinski definition) is 4. The van der Waals surface area contributed by atoms with Crippen molar-refractivity contribution in [3.8, 4) is 17.2 Å². The summed E-state index contributed by atoms with van der Waals surface area (Å²) in [6.07, 6.45) is 11.8. The molecule has 0 aliphatic carbocycles. The van der Waals surface area contributed by atoms with Gasteiger partial charge in [0.2, 0.25) is 0 Å². The predicted octanol–water partition coefficient (Wildman–Crippen LogP) is 2.88. The summed E-state index contributed by atoms with van der Waals surface area (Å²) in [5.41, 5.74) is 0.859. The minimum atomic E-state index is -4.42. The summed E-state index contributed by atoms with van der Waals surface area (Å²) in [5.74, 6) is 0.141. The summed E-state index contributed by atoms with van der Waals surface area (Å²) < 4.78 is 38.3. The van der Waals surface area contributed by atoms with Gasteiger partial charge < -0.3 is 9.84 Å². The summed E-state index contributed by atoms with van der Waals surface area (Å²) in [4.78, 5) is -0.315. The molecule has 5 nitrogen and oxygen atoms in total. The Balaban J connectivity index is 0.00000450. The number of rotatable bonds is 13. The zero-order valence-corrected chi connectivity index (χ0v) is 20.9. The van der Waals surface area contributed by atoms with E-state index in [0.29, 0.717) is 5.75 Å². The molecule has 0 heterocycles. The molecule has 0 aliphatic rings. The fraction of sp³-hybridized carbons (Fsp3) is 0.478. The third kappa shape index (κ3) is 9.40. The summed E-state index contributed by atoms with van der Waals surface area (Å²) in [7, 11) is -4.42. The molecule has 0 spiro atoms. The van der Waals surface area contributed by atoms with Crippen molar-refractivity contribution >= 4 is 10.1 Å². The predicted molar refractivity (Wildman–Crippen MR) is 113 cm³/mol. The molecule has 0 fully saturated rings. The molecular weight excluding hydrogens is 411 g/mol. The number of benzene rings is 2. The van der Waals surface area contributed by atoms with E-state index in [0.717, 1.165) is 24.8 Å². The summed E-state index contributed by atoms with van der Waals surface area (Å²) in [5, 5.41) is 11.8. The Morgan fingerprint density at radius 1 is 0.867 bits per heavy atom. The van der Waals surface area contributed by atoms with Crippen LogP contribution in [0, 0.1) is 0 Å². The SMILES string of the molecule is CCCCCCCCCCCc1ccc([O-])cc1Oc1ccccc1S(=O)(=O)O.[Na+]. The van der Waals surface area contributed by atoms with Crippen LogP contribution in [0.2, 0.25) is 0 Å². The molecule has 0 aromatic heterocycles. The van der Waals surface area contributed by atoms with Crippen LogP contribution in [0.1, 0.15) is 70.3 Å². The van der Waals surface area contributed by atoms with Crippen molar-refractivity contribution in [3.05, 3.63) is 48.0 Å². The minimum Gasteiger partial charge on any atom is -0.872 e. The topological polar surface area (TPSA) is 86.7 Å². The number of ether oxygens (including phenoxy) is 1. The molecular formula is C23H31NaO5S. The Morgan fingerprint density at radius 3 is 2.10 bits per heavy atom. The van der Waals surface area contributed by atoms with Gasteiger partial charge in [0.1, 0.15) is 16.4 Å². The first kappa shape index (κ1) is 27.0. The van der Waals surface area contributed by atoms with E-state index in [2.05, 4.69) is 6.92 Å². The first-order valence-corrected chi connectivity index (χ1v) is 11.9. The molecule has 0 saturated carbocycles.